The highest BCUT2D eigenvalue weighted by molar-refractivity contribution is 6.32. The maximum Gasteiger partial charge on any atom is 0.138 e. The lowest BCUT2D eigenvalue weighted by Gasteiger charge is -2.18. The van der Waals surface area contributed by atoms with Gasteiger partial charge in [-0.2, -0.15) is 0 Å². The van der Waals surface area contributed by atoms with Gasteiger partial charge in [0.25, 0.3) is 0 Å². The Labute approximate surface area is 103 Å². The predicted molar refractivity (Wildman–Crippen MR) is 69.0 cm³/mol. The lowest BCUT2D eigenvalue weighted by molar-refractivity contribution is 0.242. The highest BCUT2D eigenvalue weighted by Gasteiger charge is 2.12. The maximum atomic E-state index is 6.14. The molecule has 1 aromatic rings. The third kappa shape index (κ3) is 3.39. The van der Waals surface area contributed by atoms with E-state index in [0.29, 0.717) is 10.9 Å². The Hall–Kier alpha value is -0.730. The molecule has 0 spiro atoms. The summed E-state index contributed by atoms with van der Waals surface area (Å²) >= 11 is 6.14. The molecule has 0 saturated heterocycles. The van der Waals surface area contributed by atoms with Crippen molar-refractivity contribution in [3.05, 3.63) is 28.8 Å². The fourth-order valence-electron chi connectivity index (χ4n) is 1.46. The smallest absolute Gasteiger partial charge is 0.138 e. The number of hydrogen-bond donors (Lipinski definition) is 1. The third-order valence-electron chi connectivity index (χ3n) is 2.42. The van der Waals surface area contributed by atoms with Gasteiger partial charge in [-0.25, -0.2) is 0 Å². The van der Waals surface area contributed by atoms with Crippen molar-refractivity contribution in [2.45, 2.75) is 39.8 Å². The van der Waals surface area contributed by atoms with Crippen molar-refractivity contribution in [3.8, 4) is 5.75 Å². The Morgan fingerprint density at radius 3 is 2.25 bits per heavy atom. The molecule has 0 saturated carbocycles. The van der Waals surface area contributed by atoms with E-state index in [9.17, 15) is 0 Å². The van der Waals surface area contributed by atoms with Crippen molar-refractivity contribution in [3.63, 3.8) is 0 Å². The lowest BCUT2D eigenvalue weighted by Crippen LogP contribution is -2.16. The summed E-state index contributed by atoms with van der Waals surface area (Å²) in [6.07, 6.45) is 0.127. The van der Waals surface area contributed by atoms with Gasteiger partial charge in [-0.15, -0.1) is 0 Å². The molecule has 0 heterocycles. The summed E-state index contributed by atoms with van der Waals surface area (Å²) in [5.74, 6) is 1.12. The van der Waals surface area contributed by atoms with E-state index in [1.807, 2.05) is 32.0 Å². The Morgan fingerprint density at radius 1 is 1.19 bits per heavy atom. The molecule has 0 aliphatic heterocycles. The van der Waals surface area contributed by atoms with E-state index in [0.717, 1.165) is 11.3 Å². The summed E-state index contributed by atoms with van der Waals surface area (Å²) in [4.78, 5) is 0. The molecule has 0 fully saturated rings. The van der Waals surface area contributed by atoms with Gasteiger partial charge in [0.2, 0.25) is 0 Å². The molecule has 0 bridgehead atoms. The standard InChI is InChI=1S/C13H20ClNO/c1-8(2)13(15)10-5-6-12(11(14)7-10)16-9(3)4/h5-9,13H,15H2,1-4H3. The minimum atomic E-state index is 0.0191. The molecule has 1 unspecified atom stereocenters. The van der Waals surface area contributed by atoms with Gasteiger partial charge in [0.15, 0.2) is 0 Å². The summed E-state index contributed by atoms with van der Waals surface area (Å²) in [5.41, 5.74) is 7.11. The molecular formula is C13H20ClNO. The average molecular weight is 242 g/mol. The number of rotatable bonds is 4. The zero-order valence-electron chi connectivity index (χ0n) is 10.3. The van der Waals surface area contributed by atoms with Crippen LogP contribution in [0.5, 0.6) is 5.75 Å². The van der Waals surface area contributed by atoms with Crippen LogP contribution in [0.15, 0.2) is 18.2 Å². The first-order chi connectivity index (χ1) is 7.41. The molecule has 0 amide bonds. The normalized spacial score (nSPS) is 13.2. The van der Waals surface area contributed by atoms with E-state index in [1.165, 1.54) is 0 Å². The molecule has 2 N–H and O–H groups in total. The first kappa shape index (κ1) is 13.3. The van der Waals surface area contributed by atoms with Crippen LogP contribution in [-0.4, -0.2) is 6.10 Å². The van der Waals surface area contributed by atoms with E-state index in [2.05, 4.69) is 13.8 Å². The van der Waals surface area contributed by atoms with Crippen molar-refractivity contribution in [2.75, 3.05) is 0 Å². The summed E-state index contributed by atoms with van der Waals surface area (Å²) in [6.45, 7) is 8.14. The van der Waals surface area contributed by atoms with Gasteiger partial charge in [0.1, 0.15) is 5.75 Å². The van der Waals surface area contributed by atoms with Crippen LogP contribution in [0.2, 0.25) is 5.02 Å². The number of benzene rings is 1. The highest BCUT2D eigenvalue weighted by atomic mass is 35.5. The zero-order chi connectivity index (χ0) is 12.3. The van der Waals surface area contributed by atoms with Gasteiger partial charge in [-0.05, 0) is 37.5 Å². The van der Waals surface area contributed by atoms with Crippen LogP contribution in [-0.2, 0) is 0 Å². The first-order valence-electron chi connectivity index (χ1n) is 5.63. The van der Waals surface area contributed by atoms with E-state index < -0.39 is 0 Å². The predicted octanol–water partition coefficient (Wildman–Crippen LogP) is 3.78. The van der Waals surface area contributed by atoms with Crippen LogP contribution >= 0.6 is 11.6 Å². The SMILES string of the molecule is CC(C)Oc1ccc(C(N)C(C)C)cc1Cl. The number of halogens is 1. The molecule has 16 heavy (non-hydrogen) atoms. The second kappa shape index (κ2) is 5.55. The molecular weight excluding hydrogens is 222 g/mol. The van der Waals surface area contributed by atoms with Crippen molar-refractivity contribution < 1.29 is 4.74 Å². The van der Waals surface area contributed by atoms with Crippen LogP contribution in [0.25, 0.3) is 0 Å². The van der Waals surface area contributed by atoms with Crippen LogP contribution in [0.1, 0.15) is 39.3 Å². The van der Waals surface area contributed by atoms with Gasteiger partial charge in [-0.3, -0.25) is 0 Å². The van der Waals surface area contributed by atoms with Crippen LogP contribution in [0, 0.1) is 5.92 Å². The summed E-state index contributed by atoms with van der Waals surface area (Å²) < 4.78 is 5.57. The average Bonchev–Trinajstić information content (AvgIpc) is 2.19. The van der Waals surface area contributed by atoms with E-state index >= 15 is 0 Å². The Morgan fingerprint density at radius 2 is 1.81 bits per heavy atom. The van der Waals surface area contributed by atoms with Crippen molar-refractivity contribution in [1.82, 2.24) is 0 Å². The molecule has 0 radical (unpaired) electrons. The molecule has 0 aliphatic rings. The van der Waals surface area contributed by atoms with E-state index in [4.69, 9.17) is 22.1 Å². The molecule has 90 valence electrons. The van der Waals surface area contributed by atoms with Crippen LogP contribution in [0.4, 0.5) is 0 Å². The molecule has 0 aliphatic carbocycles. The van der Waals surface area contributed by atoms with Crippen molar-refractivity contribution >= 4 is 11.6 Å². The quantitative estimate of drug-likeness (QED) is 0.871. The molecule has 3 heteroatoms. The van der Waals surface area contributed by atoms with Gasteiger partial charge >= 0.3 is 0 Å². The van der Waals surface area contributed by atoms with Gasteiger partial charge in [-0.1, -0.05) is 31.5 Å². The van der Waals surface area contributed by atoms with Gasteiger partial charge in [0, 0.05) is 6.04 Å². The second-order valence-corrected chi connectivity index (χ2v) is 5.03. The van der Waals surface area contributed by atoms with Crippen LogP contribution < -0.4 is 10.5 Å². The monoisotopic (exact) mass is 241 g/mol. The molecule has 2 nitrogen and oxygen atoms in total. The Kier molecular flexibility index (Phi) is 4.63. The second-order valence-electron chi connectivity index (χ2n) is 4.63. The lowest BCUT2D eigenvalue weighted by atomic mass is 9.97. The largest absolute Gasteiger partial charge is 0.489 e. The first-order valence-corrected chi connectivity index (χ1v) is 6.01. The number of hydrogen-bond acceptors (Lipinski definition) is 2. The zero-order valence-corrected chi connectivity index (χ0v) is 11.1. The topological polar surface area (TPSA) is 35.2 Å². The third-order valence-corrected chi connectivity index (χ3v) is 2.72. The van der Waals surface area contributed by atoms with Gasteiger partial charge < -0.3 is 10.5 Å². The van der Waals surface area contributed by atoms with Crippen molar-refractivity contribution in [2.24, 2.45) is 11.7 Å². The highest BCUT2D eigenvalue weighted by Crippen LogP contribution is 2.30. The van der Waals surface area contributed by atoms with E-state index in [1.54, 1.807) is 0 Å². The molecule has 1 atom stereocenters. The minimum absolute atomic E-state index is 0.0191. The number of nitrogens with two attached hydrogens (primary N) is 1. The number of ether oxygens (including phenoxy) is 1. The summed E-state index contributed by atoms with van der Waals surface area (Å²) in [5, 5.41) is 0.627. The van der Waals surface area contributed by atoms with Gasteiger partial charge in [0.05, 0.1) is 11.1 Å². The molecule has 0 aromatic heterocycles. The Bertz CT molecular complexity index is 350. The fraction of sp³-hybridized carbons (Fsp3) is 0.538. The molecule has 1 aromatic carbocycles. The fourth-order valence-corrected chi connectivity index (χ4v) is 1.69. The van der Waals surface area contributed by atoms with E-state index in [-0.39, 0.29) is 12.1 Å². The Balaban J connectivity index is 2.90. The summed E-state index contributed by atoms with van der Waals surface area (Å²) in [6, 6.07) is 5.78. The summed E-state index contributed by atoms with van der Waals surface area (Å²) in [7, 11) is 0. The van der Waals surface area contributed by atoms with Crippen molar-refractivity contribution in [1.29, 1.82) is 0 Å². The maximum absolute atomic E-state index is 6.14. The minimum Gasteiger partial charge on any atom is -0.489 e. The van der Waals surface area contributed by atoms with Crippen LogP contribution in [0.3, 0.4) is 0 Å². The molecule has 1 rings (SSSR count).